The molecule has 0 radical (unpaired) electrons. The molecule has 0 amide bonds. The lowest BCUT2D eigenvalue weighted by Crippen LogP contribution is -1.96. The number of rotatable bonds is 15. The van der Waals surface area contributed by atoms with Gasteiger partial charge in [0.25, 0.3) is 0 Å². The number of nitrogens with zero attached hydrogens (tertiary/aromatic N) is 3. The van der Waals surface area contributed by atoms with Crippen molar-refractivity contribution in [1.29, 1.82) is 0 Å². The number of aliphatic imine (C=N–C) groups is 3. The SMILES string of the molecule is CC(C)c1cccc(C(C)C)c1N=Cc1cc(-c2cc(-c3ccc(O)c(C=Nc4c(C(C)C)cccc4C(C)C)c3)cc(-c3ccc(O)c(C=Nc4c(C(C)C)cccc4C(C)C)c3)c2)ccc1O. The second kappa shape index (κ2) is 21.5. The maximum absolute atomic E-state index is 11.3. The van der Waals surface area contributed by atoms with E-state index < -0.39 is 0 Å². The van der Waals surface area contributed by atoms with E-state index >= 15 is 0 Å². The van der Waals surface area contributed by atoms with Crippen molar-refractivity contribution in [3.05, 3.63) is 177 Å². The summed E-state index contributed by atoms with van der Waals surface area (Å²) in [5.74, 6) is 2.06. The third-order valence-corrected chi connectivity index (χ3v) is 13.0. The van der Waals surface area contributed by atoms with Crippen LogP contribution in [0.2, 0.25) is 0 Å². The maximum Gasteiger partial charge on any atom is 0.124 e. The molecule has 6 nitrogen and oxygen atoms in total. The molecular formula is C63H69N3O3. The van der Waals surface area contributed by atoms with Gasteiger partial charge in [-0.25, -0.2) is 0 Å². The molecule has 7 aromatic rings. The molecule has 0 aromatic heterocycles. The molecule has 3 N–H and O–H groups in total. The van der Waals surface area contributed by atoms with Gasteiger partial charge in [-0.3, -0.25) is 15.0 Å². The normalized spacial score (nSPS) is 12.3. The first-order valence-corrected chi connectivity index (χ1v) is 24.6. The van der Waals surface area contributed by atoms with Gasteiger partial charge in [0.05, 0.1) is 17.1 Å². The fraction of sp³-hybridized carbons (Fsp3) is 0.286. The molecule has 0 saturated carbocycles. The summed E-state index contributed by atoms with van der Waals surface area (Å²) in [6.45, 7) is 26.1. The van der Waals surface area contributed by atoms with E-state index in [4.69, 9.17) is 15.0 Å². The van der Waals surface area contributed by atoms with Crippen LogP contribution >= 0.6 is 0 Å². The summed E-state index contributed by atoms with van der Waals surface area (Å²) in [7, 11) is 0. The molecule has 0 heterocycles. The highest BCUT2D eigenvalue weighted by molar-refractivity contribution is 5.93. The summed E-state index contributed by atoms with van der Waals surface area (Å²) in [5.41, 5.74) is 17.0. The van der Waals surface area contributed by atoms with Crippen LogP contribution < -0.4 is 0 Å². The first-order valence-electron chi connectivity index (χ1n) is 24.6. The predicted octanol–water partition coefficient (Wildman–Crippen LogP) is 17.8. The van der Waals surface area contributed by atoms with Crippen molar-refractivity contribution in [3.63, 3.8) is 0 Å². The van der Waals surface area contributed by atoms with Gasteiger partial charge in [0, 0.05) is 35.3 Å². The van der Waals surface area contributed by atoms with E-state index in [0.717, 1.165) is 83.8 Å². The summed E-state index contributed by atoms with van der Waals surface area (Å²) in [5, 5.41) is 33.9. The summed E-state index contributed by atoms with van der Waals surface area (Å²) in [4.78, 5) is 15.2. The van der Waals surface area contributed by atoms with E-state index in [1.54, 1.807) is 36.8 Å². The van der Waals surface area contributed by atoms with Gasteiger partial charge in [0.2, 0.25) is 0 Å². The van der Waals surface area contributed by atoms with Gasteiger partial charge in [-0.05, 0) is 157 Å². The number of phenolic OH excluding ortho intramolecular Hbond substituents is 3. The number of hydrogen-bond acceptors (Lipinski definition) is 6. The maximum atomic E-state index is 11.3. The number of aromatic hydroxyl groups is 3. The number of benzene rings is 7. The molecule has 69 heavy (non-hydrogen) atoms. The average Bonchev–Trinajstić information content (AvgIpc) is 3.32. The Labute approximate surface area is 411 Å². The molecule has 0 fully saturated rings. The Morgan fingerprint density at radius 2 is 0.507 bits per heavy atom. The van der Waals surface area contributed by atoms with E-state index in [2.05, 4.69) is 156 Å². The monoisotopic (exact) mass is 916 g/mol. The zero-order valence-electron chi connectivity index (χ0n) is 42.5. The van der Waals surface area contributed by atoms with E-state index in [1.807, 2.05) is 36.4 Å². The fourth-order valence-electron chi connectivity index (χ4n) is 9.02. The minimum Gasteiger partial charge on any atom is -0.507 e. The average molecular weight is 916 g/mol. The molecule has 0 unspecified atom stereocenters. The standard InChI is InChI=1S/C63H69N3O3/c1-37(2)52-16-13-17-53(38(3)4)61(52)64-34-49-28-43(22-25-58(49)67)46-31-47(44-23-26-59(68)50(29-44)35-65-62-54(39(5)6)18-14-19-55(62)40(7)8)33-48(32-46)45-24-27-60(69)51(30-45)36-66-63-56(41(9)10)20-15-21-57(63)42(11)12/h13-42,67-69H,1-12H3. The molecule has 0 aliphatic carbocycles. The fourth-order valence-corrected chi connectivity index (χ4v) is 9.02. The Balaban J connectivity index is 1.38. The summed E-state index contributed by atoms with van der Waals surface area (Å²) < 4.78 is 0. The molecule has 0 aliphatic rings. The summed E-state index contributed by atoms with van der Waals surface area (Å²) >= 11 is 0. The van der Waals surface area contributed by atoms with Crippen LogP contribution in [0, 0.1) is 0 Å². The van der Waals surface area contributed by atoms with Crippen LogP contribution in [0.25, 0.3) is 33.4 Å². The van der Waals surface area contributed by atoms with Crippen molar-refractivity contribution in [2.45, 2.75) is 119 Å². The van der Waals surface area contributed by atoms with Gasteiger partial charge in [-0.1, -0.05) is 156 Å². The molecule has 0 atom stereocenters. The highest BCUT2D eigenvalue weighted by atomic mass is 16.3. The van der Waals surface area contributed by atoms with Crippen molar-refractivity contribution in [2.75, 3.05) is 0 Å². The first kappa shape index (κ1) is 49.8. The lowest BCUT2D eigenvalue weighted by molar-refractivity contribution is 0.474. The molecule has 7 aromatic carbocycles. The van der Waals surface area contributed by atoms with Gasteiger partial charge in [0.1, 0.15) is 17.2 Å². The highest BCUT2D eigenvalue weighted by Gasteiger charge is 2.18. The Morgan fingerprint density at radius 3 is 0.710 bits per heavy atom. The van der Waals surface area contributed by atoms with Crippen molar-refractivity contribution in [2.24, 2.45) is 15.0 Å². The molecule has 354 valence electrons. The molecular weight excluding hydrogens is 847 g/mol. The van der Waals surface area contributed by atoms with Crippen LogP contribution in [0.4, 0.5) is 17.1 Å². The lowest BCUT2D eigenvalue weighted by Gasteiger charge is -2.17. The Hall–Kier alpha value is -7.05. The van der Waals surface area contributed by atoms with Crippen LogP contribution in [0.5, 0.6) is 17.2 Å². The number of phenols is 3. The van der Waals surface area contributed by atoms with Crippen molar-refractivity contribution >= 4 is 35.7 Å². The smallest absolute Gasteiger partial charge is 0.124 e. The second-order valence-electron chi connectivity index (χ2n) is 20.2. The number of hydrogen-bond donors (Lipinski definition) is 3. The number of para-hydroxylation sites is 3. The van der Waals surface area contributed by atoms with Crippen LogP contribution in [-0.2, 0) is 0 Å². The summed E-state index contributed by atoms with van der Waals surface area (Å²) in [6.07, 6.45) is 5.33. The zero-order valence-corrected chi connectivity index (χ0v) is 42.5. The molecule has 7 rings (SSSR count). The van der Waals surface area contributed by atoms with E-state index in [-0.39, 0.29) is 52.8 Å². The summed E-state index contributed by atoms with van der Waals surface area (Å²) in [6, 6.07) is 42.4. The van der Waals surface area contributed by atoms with Crippen molar-refractivity contribution < 1.29 is 15.3 Å². The topological polar surface area (TPSA) is 97.8 Å². The largest absolute Gasteiger partial charge is 0.507 e. The highest BCUT2D eigenvalue weighted by Crippen LogP contribution is 2.40. The minimum absolute atomic E-state index is 0.135. The molecule has 6 heteroatoms. The third kappa shape index (κ3) is 11.3. The molecule has 0 saturated heterocycles. The van der Waals surface area contributed by atoms with Crippen molar-refractivity contribution in [3.8, 4) is 50.6 Å². The lowest BCUT2D eigenvalue weighted by atomic mass is 9.91. The second-order valence-corrected chi connectivity index (χ2v) is 20.2. The van der Waals surface area contributed by atoms with Crippen LogP contribution in [0.3, 0.4) is 0 Å². The van der Waals surface area contributed by atoms with Crippen molar-refractivity contribution in [1.82, 2.24) is 0 Å². The van der Waals surface area contributed by atoms with Gasteiger partial charge in [0.15, 0.2) is 0 Å². The minimum atomic E-state index is 0.135. The zero-order chi connectivity index (χ0) is 49.7. The molecule has 0 bridgehead atoms. The molecule has 0 spiro atoms. The van der Waals surface area contributed by atoms with Gasteiger partial charge < -0.3 is 15.3 Å². The van der Waals surface area contributed by atoms with Gasteiger partial charge in [-0.2, -0.15) is 0 Å². The quantitative estimate of drug-likeness (QED) is 0.0894. The third-order valence-electron chi connectivity index (χ3n) is 13.0. The predicted molar refractivity (Wildman–Crippen MR) is 293 cm³/mol. The van der Waals surface area contributed by atoms with Crippen LogP contribution in [0.1, 0.15) is 169 Å². The van der Waals surface area contributed by atoms with Gasteiger partial charge >= 0.3 is 0 Å². The van der Waals surface area contributed by atoms with Crippen LogP contribution in [-0.4, -0.2) is 34.0 Å². The van der Waals surface area contributed by atoms with E-state index in [0.29, 0.717) is 16.7 Å². The van der Waals surface area contributed by atoms with Gasteiger partial charge in [-0.15, -0.1) is 0 Å². The first-order chi connectivity index (χ1) is 32.9. The Kier molecular flexibility index (Phi) is 15.5. The van der Waals surface area contributed by atoms with Crippen LogP contribution in [0.15, 0.2) is 142 Å². The molecule has 0 aliphatic heterocycles. The van der Waals surface area contributed by atoms with E-state index in [9.17, 15) is 15.3 Å². The van der Waals surface area contributed by atoms with E-state index in [1.165, 1.54) is 0 Å². The Bertz CT molecular complexity index is 2640. The Morgan fingerprint density at radius 1 is 0.290 bits per heavy atom.